The molecule has 0 saturated heterocycles. The molecule has 0 aliphatic carbocycles. The number of nitrogens with zero attached hydrogens (tertiary/aromatic N) is 1. The van der Waals surface area contributed by atoms with E-state index >= 15 is 0 Å². The first-order valence-electron chi connectivity index (χ1n) is 5.19. The number of carbonyl (C=O) groups is 1. The molecule has 17 heavy (non-hydrogen) atoms. The number of non-ortho nitro benzene ring substituents is 1. The Morgan fingerprint density at radius 3 is 2.47 bits per heavy atom. The summed E-state index contributed by atoms with van der Waals surface area (Å²) < 4.78 is 13.3. The third-order valence-corrected chi connectivity index (χ3v) is 2.14. The summed E-state index contributed by atoms with van der Waals surface area (Å²) in [5.74, 6) is -1.37. The van der Waals surface area contributed by atoms with E-state index in [0.717, 1.165) is 6.08 Å². The average molecular weight is 237 g/mol. The molecule has 0 N–H and O–H groups in total. The zero-order valence-electron chi connectivity index (χ0n) is 9.35. The van der Waals surface area contributed by atoms with Crippen LogP contribution in [0.25, 0.3) is 6.08 Å². The van der Waals surface area contributed by atoms with Crippen molar-refractivity contribution in [1.29, 1.82) is 0 Å². The number of benzene rings is 1. The van der Waals surface area contributed by atoms with Crippen molar-refractivity contribution in [2.24, 2.45) is 0 Å². The summed E-state index contributed by atoms with van der Waals surface area (Å²) in [6.07, 6.45) is 1.83. The van der Waals surface area contributed by atoms with E-state index in [0.29, 0.717) is 12.0 Å². The fourth-order valence-corrected chi connectivity index (χ4v) is 1.27. The van der Waals surface area contributed by atoms with Crippen LogP contribution in [-0.4, -0.2) is 10.7 Å². The highest BCUT2D eigenvalue weighted by molar-refractivity contribution is 5.97. The van der Waals surface area contributed by atoms with Crippen molar-refractivity contribution in [1.82, 2.24) is 0 Å². The van der Waals surface area contributed by atoms with Gasteiger partial charge in [-0.2, -0.15) is 0 Å². The summed E-state index contributed by atoms with van der Waals surface area (Å²) >= 11 is 0. The van der Waals surface area contributed by atoms with Gasteiger partial charge in [0.15, 0.2) is 11.6 Å². The molecule has 0 aliphatic heterocycles. The lowest BCUT2D eigenvalue weighted by atomic mass is 10.1. The van der Waals surface area contributed by atoms with Crippen LogP contribution in [0, 0.1) is 10.1 Å². The second-order valence-corrected chi connectivity index (χ2v) is 3.51. The number of hydrogen-bond donors (Lipinski definition) is 0. The Morgan fingerprint density at radius 2 is 2.00 bits per heavy atom. The normalized spacial score (nSPS) is 11.3. The minimum atomic E-state index is -0.819. The van der Waals surface area contributed by atoms with Crippen LogP contribution in [0.1, 0.15) is 25.3 Å². The Balaban J connectivity index is 2.84. The van der Waals surface area contributed by atoms with Gasteiger partial charge in [0, 0.05) is 18.6 Å². The van der Waals surface area contributed by atoms with Gasteiger partial charge in [0.1, 0.15) is 0 Å². The largest absolute Gasteiger partial charge is 0.292 e. The van der Waals surface area contributed by atoms with Gasteiger partial charge in [-0.1, -0.05) is 6.92 Å². The van der Waals surface area contributed by atoms with Gasteiger partial charge in [0.25, 0.3) is 5.69 Å². The van der Waals surface area contributed by atoms with Crippen LogP contribution >= 0.6 is 0 Å². The van der Waals surface area contributed by atoms with Crippen LogP contribution in [0.15, 0.2) is 30.1 Å². The third-order valence-electron chi connectivity index (χ3n) is 2.14. The lowest BCUT2D eigenvalue weighted by Gasteiger charge is -1.96. The molecule has 0 saturated carbocycles. The topological polar surface area (TPSA) is 60.2 Å². The van der Waals surface area contributed by atoms with Gasteiger partial charge in [-0.05, 0) is 30.2 Å². The molecule has 0 spiro atoms. The summed E-state index contributed by atoms with van der Waals surface area (Å²) in [5, 5.41) is 10.4. The van der Waals surface area contributed by atoms with Crippen LogP contribution in [-0.2, 0) is 4.79 Å². The van der Waals surface area contributed by atoms with Gasteiger partial charge in [-0.15, -0.1) is 0 Å². The van der Waals surface area contributed by atoms with Crippen molar-refractivity contribution >= 4 is 17.5 Å². The molecule has 1 rings (SSSR count). The number of allylic oxidation sites excluding steroid dienone is 1. The van der Waals surface area contributed by atoms with Gasteiger partial charge in [-0.3, -0.25) is 14.9 Å². The van der Waals surface area contributed by atoms with Gasteiger partial charge in [0.2, 0.25) is 0 Å². The molecule has 0 fully saturated rings. The third kappa shape index (κ3) is 3.79. The summed E-state index contributed by atoms with van der Waals surface area (Å²) in [6, 6.07) is 5.33. The molecule has 0 heterocycles. The molecular weight excluding hydrogens is 225 g/mol. The van der Waals surface area contributed by atoms with E-state index in [1.54, 1.807) is 6.92 Å². The van der Waals surface area contributed by atoms with E-state index in [2.05, 4.69) is 0 Å². The molecule has 1 aromatic carbocycles. The van der Waals surface area contributed by atoms with E-state index in [9.17, 15) is 19.3 Å². The molecule has 0 radical (unpaired) electrons. The Labute approximate surface area is 97.9 Å². The van der Waals surface area contributed by atoms with E-state index < -0.39 is 16.5 Å². The zero-order chi connectivity index (χ0) is 12.8. The highest BCUT2D eigenvalue weighted by Gasteiger charge is 2.08. The smallest absolute Gasteiger partial charge is 0.269 e. The lowest BCUT2D eigenvalue weighted by Crippen LogP contribution is -1.96. The monoisotopic (exact) mass is 237 g/mol. The molecule has 0 unspecified atom stereocenters. The molecule has 90 valence electrons. The minimum Gasteiger partial charge on any atom is -0.292 e. The number of nitro benzene ring substituents is 1. The summed E-state index contributed by atoms with van der Waals surface area (Å²) in [7, 11) is 0. The molecule has 0 bridgehead atoms. The second kappa shape index (κ2) is 5.89. The quantitative estimate of drug-likeness (QED) is 0.448. The van der Waals surface area contributed by atoms with E-state index in [1.165, 1.54) is 24.3 Å². The predicted octanol–water partition coefficient (Wildman–Crippen LogP) is 3.27. The predicted molar refractivity (Wildman–Crippen MR) is 62.1 cm³/mol. The molecule has 0 aliphatic rings. The van der Waals surface area contributed by atoms with E-state index in [-0.39, 0.29) is 12.1 Å². The number of nitro groups is 1. The standard InChI is InChI=1S/C12H12FNO3/c1-2-3-12(15)11(13)8-9-4-6-10(7-5-9)14(16)17/h4-8H,2-3H2,1H3/b11-8-. The van der Waals surface area contributed by atoms with Crippen LogP contribution in [0.4, 0.5) is 10.1 Å². The molecule has 1 aromatic rings. The van der Waals surface area contributed by atoms with Gasteiger partial charge < -0.3 is 0 Å². The van der Waals surface area contributed by atoms with Crippen molar-refractivity contribution in [2.75, 3.05) is 0 Å². The van der Waals surface area contributed by atoms with Crippen molar-refractivity contribution in [2.45, 2.75) is 19.8 Å². The number of ketones is 1. The first-order chi connectivity index (χ1) is 8.04. The molecule has 0 atom stereocenters. The maximum absolute atomic E-state index is 13.3. The van der Waals surface area contributed by atoms with Crippen LogP contribution in [0.2, 0.25) is 0 Å². The van der Waals surface area contributed by atoms with Gasteiger partial charge >= 0.3 is 0 Å². The Kier molecular flexibility index (Phi) is 4.51. The van der Waals surface area contributed by atoms with Gasteiger partial charge in [0.05, 0.1) is 4.92 Å². The van der Waals surface area contributed by atoms with E-state index in [4.69, 9.17) is 0 Å². The van der Waals surface area contributed by atoms with Crippen molar-refractivity contribution in [3.05, 3.63) is 45.8 Å². The Hall–Kier alpha value is -2.04. The van der Waals surface area contributed by atoms with Crippen molar-refractivity contribution < 1.29 is 14.1 Å². The van der Waals surface area contributed by atoms with Crippen molar-refractivity contribution in [3.8, 4) is 0 Å². The molecule has 0 amide bonds. The van der Waals surface area contributed by atoms with Crippen molar-refractivity contribution in [3.63, 3.8) is 0 Å². The number of halogens is 1. The SMILES string of the molecule is CCCC(=O)/C(F)=C/c1ccc([N+](=O)[O-])cc1. The highest BCUT2D eigenvalue weighted by atomic mass is 19.1. The lowest BCUT2D eigenvalue weighted by molar-refractivity contribution is -0.384. The fourth-order valence-electron chi connectivity index (χ4n) is 1.27. The summed E-state index contributed by atoms with van der Waals surface area (Å²) in [4.78, 5) is 21.0. The maximum Gasteiger partial charge on any atom is 0.269 e. The number of Topliss-reactive ketones (excluding diaryl/α,β-unsaturated/α-hetero) is 1. The van der Waals surface area contributed by atoms with Gasteiger partial charge in [-0.25, -0.2) is 4.39 Å². The average Bonchev–Trinajstić information content (AvgIpc) is 2.30. The van der Waals surface area contributed by atoms with Crippen LogP contribution in [0.5, 0.6) is 0 Å². The van der Waals surface area contributed by atoms with Crippen LogP contribution in [0.3, 0.4) is 0 Å². The van der Waals surface area contributed by atoms with Crippen LogP contribution < -0.4 is 0 Å². The molecular formula is C12H12FNO3. The minimum absolute atomic E-state index is 0.0672. The zero-order valence-corrected chi connectivity index (χ0v) is 9.35. The van der Waals surface area contributed by atoms with E-state index in [1.807, 2.05) is 0 Å². The fraction of sp³-hybridized carbons (Fsp3) is 0.250. The summed E-state index contributed by atoms with van der Waals surface area (Å²) in [6.45, 7) is 1.79. The Morgan fingerprint density at radius 1 is 1.41 bits per heavy atom. The molecule has 5 heteroatoms. The summed E-state index contributed by atoms with van der Waals surface area (Å²) in [5.41, 5.74) is 0.361. The first kappa shape index (κ1) is 13.0. The second-order valence-electron chi connectivity index (χ2n) is 3.51. The number of hydrogen-bond acceptors (Lipinski definition) is 3. The highest BCUT2D eigenvalue weighted by Crippen LogP contribution is 2.15. The first-order valence-corrected chi connectivity index (χ1v) is 5.19. The molecule has 0 aromatic heterocycles. The number of carbonyl (C=O) groups excluding carboxylic acids is 1. The Bertz CT molecular complexity index is 451. The maximum atomic E-state index is 13.3. The number of rotatable bonds is 5. The molecule has 4 nitrogen and oxygen atoms in total.